The number of carbonyl (C=O) groups excluding carboxylic acids is 2. The highest BCUT2D eigenvalue weighted by atomic mass is 16.5. The molecular weight excluding hydrogens is 755 g/mol. The van der Waals surface area contributed by atoms with E-state index in [0.717, 1.165) is 83.5 Å². The normalized spacial score (nSPS) is 13.7. The molecule has 0 aromatic rings. The lowest BCUT2D eigenvalue weighted by molar-refractivity contribution is -0.151. The van der Waals surface area contributed by atoms with Crippen LogP contribution in [0.3, 0.4) is 0 Å². The smallest absolute Gasteiger partial charge is 0.306 e. The van der Waals surface area contributed by atoms with Gasteiger partial charge in [-0.3, -0.25) is 9.59 Å². The average molecular weight is 854 g/mol. The van der Waals surface area contributed by atoms with E-state index < -0.39 is 18.2 Å². The monoisotopic (exact) mass is 854 g/mol. The Morgan fingerprint density at radius 2 is 0.885 bits per heavy atom. The number of unbranched alkanes of at least 4 members (excludes halogenated alkanes) is 27. The molecule has 0 aliphatic carbocycles. The number of hydrogen-bond acceptors (Lipinski definition) is 5. The number of rotatable bonds is 46. The molecule has 0 spiro atoms. The molecule has 0 fully saturated rings. The van der Waals surface area contributed by atoms with Gasteiger partial charge >= 0.3 is 5.97 Å². The topological polar surface area (TPSA) is 95.9 Å². The van der Waals surface area contributed by atoms with E-state index in [1.807, 2.05) is 6.08 Å². The van der Waals surface area contributed by atoms with Crippen LogP contribution in [0, 0.1) is 0 Å². The van der Waals surface area contributed by atoms with Crippen molar-refractivity contribution in [3.63, 3.8) is 0 Å². The highest BCUT2D eigenvalue weighted by Gasteiger charge is 2.24. The second kappa shape index (κ2) is 48.6. The molecule has 61 heavy (non-hydrogen) atoms. The summed E-state index contributed by atoms with van der Waals surface area (Å²) in [5.74, 6) is -0.523. The Kier molecular flexibility index (Phi) is 46.6. The number of ether oxygens (including phenoxy) is 1. The van der Waals surface area contributed by atoms with Crippen LogP contribution < -0.4 is 5.32 Å². The van der Waals surface area contributed by atoms with Crippen molar-refractivity contribution in [3.05, 3.63) is 60.8 Å². The average Bonchev–Trinajstić information content (AvgIpc) is 3.25. The van der Waals surface area contributed by atoms with Crippen molar-refractivity contribution in [2.45, 2.75) is 270 Å². The van der Waals surface area contributed by atoms with Crippen LogP contribution in [0.4, 0.5) is 0 Å². The first-order valence-electron chi connectivity index (χ1n) is 26.1. The van der Waals surface area contributed by atoms with E-state index in [0.29, 0.717) is 19.3 Å². The molecule has 6 heteroatoms. The van der Waals surface area contributed by atoms with E-state index in [2.05, 4.69) is 80.8 Å². The van der Waals surface area contributed by atoms with Gasteiger partial charge in [-0.15, -0.1) is 0 Å². The van der Waals surface area contributed by atoms with Crippen molar-refractivity contribution in [3.8, 4) is 0 Å². The Balaban J connectivity index is 4.61. The molecule has 354 valence electrons. The van der Waals surface area contributed by atoms with E-state index in [4.69, 9.17) is 4.74 Å². The molecule has 3 atom stereocenters. The Hall–Kier alpha value is -2.44. The van der Waals surface area contributed by atoms with Crippen LogP contribution in [0.25, 0.3) is 0 Å². The van der Waals surface area contributed by atoms with Crippen molar-refractivity contribution in [1.29, 1.82) is 0 Å². The summed E-state index contributed by atoms with van der Waals surface area (Å²) in [7, 11) is 0. The molecule has 0 aliphatic rings. The summed E-state index contributed by atoms with van der Waals surface area (Å²) < 4.78 is 5.90. The molecule has 0 saturated heterocycles. The minimum absolute atomic E-state index is 0.0473. The molecule has 0 rings (SSSR count). The van der Waals surface area contributed by atoms with Crippen LogP contribution in [-0.4, -0.2) is 46.9 Å². The summed E-state index contributed by atoms with van der Waals surface area (Å²) in [4.78, 5) is 26.1. The predicted octanol–water partition coefficient (Wildman–Crippen LogP) is 15.6. The fourth-order valence-electron chi connectivity index (χ4n) is 7.68. The molecule has 0 radical (unpaired) electrons. The molecule has 3 N–H and O–H groups in total. The fraction of sp³-hybridized carbons (Fsp3) is 0.782. The third-order valence-corrected chi connectivity index (χ3v) is 11.6. The van der Waals surface area contributed by atoms with Crippen molar-refractivity contribution < 1.29 is 24.5 Å². The van der Waals surface area contributed by atoms with Gasteiger partial charge in [0.15, 0.2) is 0 Å². The maximum atomic E-state index is 13.2. The summed E-state index contributed by atoms with van der Waals surface area (Å²) in [5, 5.41) is 23.8. The standard InChI is InChI=1S/C55H99NO5/c1-4-7-10-13-16-19-22-24-26-28-30-32-34-37-40-43-46-51(61-55(60)48-45-42-39-36-21-18-15-12-9-6-3)49-54(59)56-52(50-57)53(58)47-44-41-38-35-33-31-29-27-25-23-20-17-14-11-8-5-2/h12,15-16,19,22,24,26,28,30,32,51-53,57-58H,4-11,13-14,17-18,20-21,23,25,27,29,31,33-50H2,1-3H3,(H,56,59)/b15-12-,19-16+,24-22+,28-26+,32-30+. The van der Waals surface area contributed by atoms with Crippen molar-refractivity contribution in [1.82, 2.24) is 5.32 Å². The van der Waals surface area contributed by atoms with Crippen molar-refractivity contribution >= 4 is 11.9 Å². The van der Waals surface area contributed by atoms with E-state index in [-0.39, 0.29) is 24.9 Å². The molecular formula is C55H99NO5. The molecule has 1 amide bonds. The van der Waals surface area contributed by atoms with Gasteiger partial charge in [-0.1, -0.05) is 229 Å². The van der Waals surface area contributed by atoms with Gasteiger partial charge in [0, 0.05) is 6.42 Å². The van der Waals surface area contributed by atoms with E-state index in [1.165, 1.54) is 122 Å². The van der Waals surface area contributed by atoms with Crippen molar-refractivity contribution in [2.24, 2.45) is 0 Å². The number of aliphatic hydroxyl groups is 2. The molecule has 0 aliphatic heterocycles. The highest BCUT2D eigenvalue weighted by Crippen LogP contribution is 2.17. The molecule has 3 unspecified atom stereocenters. The van der Waals surface area contributed by atoms with Crippen LogP contribution >= 0.6 is 0 Å². The first kappa shape index (κ1) is 58.6. The molecule has 0 aromatic heterocycles. The fourth-order valence-corrected chi connectivity index (χ4v) is 7.68. The van der Waals surface area contributed by atoms with Crippen LogP contribution in [0.2, 0.25) is 0 Å². The zero-order valence-electron chi connectivity index (χ0n) is 40.3. The minimum Gasteiger partial charge on any atom is -0.462 e. The molecule has 0 saturated carbocycles. The summed E-state index contributed by atoms with van der Waals surface area (Å²) in [5.41, 5.74) is 0. The summed E-state index contributed by atoms with van der Waals surface area (Å²) in [6.07, 6.45) is 59.9. The minimum atomic E-state index is -0.801. The molecule has 0 aromatic carbocycles. The summed E-state index contributed by atoms with van der Waals surface area (Å²) >= 11 is 0. The number of carbonyl (C=O) groups is 2. The number of aliphatic hydroxyl groups excluding tert-OH is 2. The quantitative estimate of drug-likeness (QED) is 0.0245. The lowest BCUT2D eigenvalue weighted by Gasteiger charge is -2.24. The second-order valence-corrected chi connectivity index (χ2v) is 17.7. The second-order valence-electron chi connectivity index (χ2n) is 17.7. The molecule has 6 nitrogen and oxygen atoms in total. The molecule has 0 bridgehead atoms. The number of nitrogens with one attached hydrogen (secondary N) is 1. The van der Waals surface area contributed by atoms with Gasteiger partial charge in [0.05, 0.1) is 25.2 Å². The van der Waals surface area contributed by atoms with Crippen molar-refractivity contribution in [2.75, 3.05) is 6.61 Å². The highest BCUT2D eigenvalue weighted by molar-refractivity contribution is 5.77. The lowest BCUT2D eigenvalue weighted by atomic mass is 10.0. The summed E-state index contributed by atoms with van der Waals surface area (Å²) in [6, 6.07) is -0.717. The Morgan fingerprint density at radius 3 is 1.43 bits per heavy atom. The van der Waals surface area contributed by atoms with Gasteiger partial charge in [-0.2, -0.15) is 0 Å². The SMILES string of the molecule is CCC/C=C\CCCCCCCC(=O)OC(CCCCC/C=C/C=C/C=C/C=C/CCCCC)CC(=O)NC(CO)C(O)CCCCCCCCCCCCCCCCCC. The van der Waals surface area contributed by atoms with E-state index in [9.17, 15) is 19.8 Å². The van der Waals surface area contributed by atoms with Gasteiger partial charge in [-0.25, -0.2) is 0 Å². The number of esters is 1. The number of hydrogen-bond donors (Lipinski definition) is 3. The van der Waals surface area contributed by atoms with Crippen LogP contribution in [-0.2, 0) is 14.3 Å². The zero-order valence-corrected chi connectivity index (χ0v) is 40.3. The Bertz CT molecular complexity index is 1090. The number of allylic oxidation sites excluding steroid dienone is 10. The summed E-state index contributed by atoms with van der Waals surface area (Å²) in [6.45, 7) is 6.38. The third-order valence-electron chi connectivity index (χ3n) is 11.6. The van der Waals surface area contributed by atoms with Crippen LogP contribution in [0.5, 0.6) is 0 Å². The van der Waals surface area contributed by atoms with Crippen LogP contribution in [0.1, 0.15) is 252 Å². The third kappa shape index (κ3) is 44.0. The van der Waals surface area contributed by atoms with E-state index >= 15 is 0 Å². The maximum Gasteiger partial charge on any atom is 0.306 e. The van der Waals surface area contributed by atoms with Gasteiger partial charge in [0.1, 0.15) is 6.10 Å². The maximum absolute atomic E-state index is 13.2. The van der Waals surface area contributed by atoms with Gasteiger partial charge in [0.2, 0.25) is 5.91 Å². The first-order chi connectivity index (χ1) is 30.0. The lowest BCUT2D eigenvalue weighted by Crippen LogP contribution is -2.46. The predicted molar refractivity (Wildman–Crippen MR) is 264 cm³/mol. The Labute approximate surface area is 378 Å². The van der Waals surface area contributed by atoms with Gasteiger partial charge < -0.3 is 20.3 Å². The van der Waals surface area contributed by atoms with Gasteiger partial charge in [0.25, 0.3) is 0 Å². The zero-order chi connectivity index (χ0) is 44.5. The largest absolute Gasteiger partial charge is 0.462 e. The molecule has 0 heterocycles. The van der Waals surface area contributed by atoms with E-state index in [1.54, 1.807) is 0 Å². The number of amides is 1. The van der Waals surface area contributed by atoms with Gasteiger partial charge in [-0.05, 0) is 70.6 Å². The van der Waals surface area contributed by atoms with Crippen LogP contribution in [0.15, 0.2) is 60.8 Å². The first-order valence-corrected chi connectivity index (χ1v) is 26.1. The Morgan fingerprint density at radius 1 is 0.475 bits per heavy atom.